The average molecular weight is 226 g/mol. The molecule has 96 valence electrons. The number of rotatable bonds is 7. The molecule has 0 radical (unpaired) electrons. The second-order valence-electron chi connectivity index (χ2n) is 5.59. The third-order valence-electron chi connectivity index (χ3n) is 3.71. The molecule has 1 fully saturated rings. The van der Waals surface area contributed by atoms with Crippen molar-refractivity contribution in [3.8, 4) is 0 Å². The molecule has 1 saturated heterocycles. The predicted octanol–water partition coefficient (Wildman–Crippen LogP) is 2.93. The number of unbranched alkanes of at least 4 members (excludes halogenated alkanes) is 2. The minimum Gasteiger partial charge on any atom is -0.313 e. The summed E-state index contributed by atoms with van der Waals surface area (Å²) in [5.74, 6) is 0.906. The predicted molar refractivity (Wildman–Crippen MR) is 71.8 cm³/mol. The highest BCUT2D eigenvalue weighted by molar-refractivity contribution is 4.79. The fraction of sp³-hybridized carbons (Fsp3) is 1.00. The molecular formula is C14H30N2. The van der Waals surface area contributed by atoms with Crippen LogP contribution in [0.4, 0.5) is 0 Å². The molecule has 1 aliphatic rings. The van der Waals surface area contributed by atoms with Crippen LogP contribution in [0.25, 0.3) is 0 Å². The minimum atomic E-state index is 0.686. The lowest BCUT2D eigenvalue weighted by Gasteiger charge is -2.29. The highest BCUT2D eigenvalue weighted by atomic mass is 15.0. The van der Waals surface area contributed by atoms with Gasteiger partial charge in [0.25, 0.3) is 0 Å². The monoisotopic (exact) mass is 226 g/mol. The summed E-state index contributed by atoms with van der Waals surface area (Å²) in [7, 11) is 0. The quantitative estimate of drug-likeness (QED) is 0.652. The number of hydrogen-bond acceptors (Lipinski definition) is 2. The van der Waals surface area contributed by atoms with Crippen molar-refractivity contribution in [3.05, 3.63) is 0 Å². The Morgan fingerprint density at radius 3 is 2.88 bits per heavy atom. The first-order valence-corrected chi connectivity index (χ1v) is 7.19. The Kier molecular flexibility index (Phi) is 7.06. The van der Waals surface area contributed by atoms with Gasteiger partial charge >= 0.3 is 0 Å². The Labute approximate surface area is 102 Å². The summed E-state index contributed by atoms with van der Waals surface area (Å²) < 4.78 is 0. The van der Waals surface area contributed by atoms with Crippen LogP contribution in [0.3, 0.4) is 0 Å². The van der Waals surface area contributed by atoms with Crippen molar-refractivity contribution in [2.75, 3.05) is 13.1 Å². The number of nitrogens with one attached hydrogen (secondary N) is 2. The zero-order valence-electron chi connectivity index (χ0n) is 11.4. The van der Waals surface area contributed by atoms with Crippen molar-refractivity contribution in [2.45, 2.75) is 71.4 Å². The zero-order chi connectivity index (χ0) is 11.8. The van der Waals surface area contributed by atoms with E-state index in [0.717, 1.165) is 12.5 Å². The molecule has 0 aromatic rings. The van der Waals surface area contributed by atoms with Crippen LogP contribution >= 0.6 is 0 Å². The van der Waals surface area contributed by atoms with Crippen molar-refractivity contribution < 1.29 is 0 Å². The maximum Gasteiger partial charge on any atom is 0.0195 e. The van der Waals surface area contributed by atoms with Gasteiger partial charge in [0.15, 0.2) is 0 Å². The summed E-state index contributed by atoms with van der Waals surface area (Å²) in [6.07, 6.45) is 8.10. The van der Waals surface area contributed by atoms with Gasteiger partial charge in [-0.05, 0) is 38.6 Å². The lowest BCUT2D eigenvalue weighted by Crippen LogP contribution is -2.45. The summed E-state index contributed by atoms with van der Waals surface area (Å²) in [5.41, 5.74) is 0. The van der Waals surface area contributed by atoms with Gasteiger partial charge in [-0.1, -0.05) is 33.1 Å². The minimum absolute atomic E-state index is 0.686. The van der Waals surface area contributed by atoms with Gasteiger partial charge in [-0.3, -0.25) is 0 Å². The second-order valence-corrected chi connectivity index (χ2v) is 5.59. The Bertz CT molecular complexity index is 170. The van der Waals surface area contributed by atoms with Crippen LogP contribution in [0.15, 0.2) is 0 Å². The van der Waals surface area contributed by atoms with E-state index in [9.17, 15) is 0 Å². The van der Waals surface area contributed by atoms with Gasteiger partial charge in [-0.25, -0.2) is 0 Å². The maximum atomic E-state index is 3.67. The largest absolute Gasteiger partial charge is 0.313 e. The second kappa shape index (κ2) is 8.08. The van der Waals surface area contributed by atoms with E-state index < -0.39 is 0 Å². The van der Waals surface area contributed by atoms with E-state index in [1.54, 1.807) is 0 Å². The molecule has 3 atom stereocenters. The van der Waals surface area contributed by atoms with Gasteiger partial charge in [-0.15, -0.1) is 0 Å². The first-order valence-electron chi connectivity index (χ1n) is 7.19. The fourth-order valence-corrected chi connectivity index (χ4v) is 2.52. The Hall–Kier alpha value is -0.0800. The zero-order valence-corrected chi connectivity index (χ0v) is 11.4. The first-order chi connectivity index (χ1) is 7.72. The van der Waals surface area contributed by atoms with E-state index in [2.05, 4.69) is 31.4 Å². The van der Waals surface area contributed by atoms with Crippen molar-refractivity contribution in [3.63, 3.8) is 0 Å². The van der Waals surface area contributed by atoms with Crippen molar-refractivity contribution in [2.24, 2.45) is 5.92 Å². The molecule has 1 aliphatic heterocycles. The van der Waals surface area contributed by atoms with Gasteiger partial charge in [0.1, 0.15) is 0 Å². The molecule has 0 bridgehead atoms. The molecule has 16 heavy (non-hydrogen) atoms. The third-order valence-corrected chi connectivity index (χ3v) is 3.71. The van der Waals surface area contributed by atoms with Gasteiger partial charge in [0, 0.05) is 18.6 Å². The molecule has 2 heteroatoms. The summed E-state index contributed by atoms with van der Waals surface area (Å²) in [6.45, 7) is 9.32. The molecule has 2 nitrogen and oxygen atoms in total. The van der Waals surface area contributed by atoms with Crippen LogP contribution in [0, 0.1) is 5.92 Å². The third kappa shape index (κ3) is 5.86. The molecule has 0 saturated carbocycles. The molecule has 2 N–H and O–H groups in total. The fourth-order valence-electron chi connectivity index (χ4n) is 2.52. The van der Waals surface area contributed by atoms with E-state index in [-0.39, 0.29) is 0 Å². The normalized spacial score (nSPS) is 27.9. The van der Waals surface area contributed by atoms with E-state index >= 15 is 0 Å². The van der Waals surface area contributed by atoms with Crippen molar-refractivity contribution in [1.82, 2.24) is 10.6 Å². The number of piperidine rings is 1. The van der Waals surface area contributed by atoms with Crippen molar-refractivity contribution in [1.29, 1.82) is 0 Å². The van der Waals surface area contributed by atoms with Crippen LogP contribution in [0.1, 0.15) is 59.3 Å². The van der Waals surface area contributed by atoms with E-state index in [0.29, 0.717) is 12.1 Å². The van der Waals surface area contributed by atoms with Crippen LogP contribution < -0.4 is 10.6 Å². The van der Waals surface area contributed by atoms with Crippen molar-refractivity contribution >= 4 is 0 Å². The summed E-state index contributed by atoms with van der Waals surface area (Å²) in [5, 5.41) is 7.28. The van der Waals surface area contributed by atoms with Gasteiger partial charge in [0.2, 0.25) is 0 Å². The molecule has 0 amide bonds. The Balaban J connectivity index is 2.04. The highest BCUT2D eigenvalue weighted by Gasteiger charge is 2.18. The summed E-state index contributed by atoms with van der Waals surface area (Å²) in [4.78, 5) is 0. The average Bonchev–Trinajstić information content (AvgIpc) is 2.27. The molecule has 0 spiro atoms. The smallest absolute Gasteiger partial charge is 0.0195 e. The van der Waals surface area contributed by atoms with Crippen LogP contribution in [-0.4, -0.2) is 25.2 Å². The van der Waals surface area contributed by atoms with Gasteiger partial charge in [-0.2, -0.15) is 0 Å². The Morgan fingerprint density at radius 1 is 1.38 bits per heavy atom. The molecule has 1 rings (SSSR count). The van der Waals surface area contributed by atoms with Crippen LogP contribution in [0.2, 0.25) is 0 Å². The van der Waals surface area contributed by atoms with E-state index in [1.165, 1.54) is 45.1 Å². The molecule has 0 aromatic carbocycles. The SMILES string of the molecule is CCCCCC(C)NCC1CC(C)CCN1. The van der Waals surface area contributed by atoms with E-state index in [1.807, 2.05) is 0 Å². The molecule has 3 unspecified atom stereocenters. The standard InChI is InChI=1S/C14H30N2/c1-4-5-6-7-13(3)16-11-14-10-12(2)8-9-15-14/h12-16H,4-11H2,1-3H3. The molecular weight excluding hydrogens is 196 g/mol. The summed E-state index contributed by atoms with van der Waals surface area (Å²) in [6, 6.07) is 1.39. The lowest BCUT2D eigenvalue weighted by atomic mass is 9.94. The summed E-state index contributed by atoms with van der Waals surface area (Å²) >= 11 is 0. The first kappa shape index (κ1) is 14.0. The van der Waals surface area contributed by atoms with Crippen LogP contribution in [0.5, 0.6) is 0 Å². The molecule has 0 aliphatic carbocycles. The van der Waals surface area contributed by atoms with Gasteiger partial charge < -0.3 is 10.6 Å². The lowest BCUT2D eigenvalue weighted by molar-refractivity contribution is 0.302. The number of hydrogen-bond donors (Lipinski definition) is 2. The van der Waals surface area contributed by atoms with Crippen LogP contribution in [-0.2, 0) is 0 Å². The topological polar surface area (TPSA) is 24.1 Å². The molecule has 0 aromatic heterocycles. The van der Waals surface area contributed by atoms with E-state index in [4.69, 9.17) is 0 Å². The Morgan fingerprint density at radius 2 is 2.19 bits per heavy atom. The highest BCUT2D eigenvalue weighted by Crippen LogP contribution is 2.14. The maximum absolute atomic E-state index is 3.67. The van der Waals surface area contributed by atoms with Gasteiger partial charge in [0.05, 0.1) is 0 Å². The molecule has 1 heterocycles.